The van der Waals surface area contributed by atoms with Gasteiger partial charge in [-0.2, -0.15) is 0 Å². The average Bonchev–Trinajstić information content (AvgIpc) is 2.71. The van der Waals surface area contributed by atoms with Crippen LogP contribution in [0.4, 0.5) is 0 Å². The maximum Gasteiger partial charge on any atom is 0.344 e. The van der Waals surface area contributed by atoms with E-state index in [1.54, 1.807) is 13.8 Å². The first-order chi connectivity index (χ1) is 13.3. The Morgan fingerprint density at radius 3 is 2.28 bits per heavy atom. The van der Waals surface area contributed by atoms with E-state index in [1.165, 1.54) is 0 Å². The summed E-state index contributed by atoms with van der Waals surface area (Å²) >= 11 is 0. The number of hydrogen-bond acceptors (Lipinski definition) is 4. The molecule has 1 aromatic rings. The number of ether oxygens (including phenoxy) is 1. The molecule has 0 amide bonds. The van der Waals surface area contributed by atoms with Crippen molar-refractivity contribution in [3.63, 3.8) is 0 Å². The molecule has 2 rings (SSSR count). The zero-order chi connectivity index (χ0) is 20.6. The lowest BCUT2D eigenvalue weighted by atomic mass is 9.73. The standard InChI is InChI=1S/C24H35NO3.ClH/c1-5-25(6-2)19-13-18-23(3,4)28-22(26)24(27,20-14-9-7-10-15-20)21-16-11-8-12-17-21;/h7,9-10,14-15,21,27H,5-6,8,11-12,16-17,19H2,1-4H3;1H/t24-;/m0./s1. The van der Waals surface area contributed by atoms with E-state index in [0.29, 0.717) is 12.1 Å². The van der Waals surface area contributed by atoms with E-state index in [-0.39, 0.29) is 18.3 Å². The van der Waals surface area contributed by atoms with Gasteiger partial charge >= 0.3 is 5.97 Å². The third kappa shape index (κ3) is 6.74. The molecule has 0 radical (unpaired) electrons. The van der Waals surface area contributed by atoms with Gasteiger partial charge in [-0.15, -0.1) is 12.4 Å². The van der Waals surface area contributed by atoms with Crippen molar-refractivity contribution in [3.8, 4) is 11.8 Å². The smallest absolute Gasteiger partial charge is 0.344 e. The van der Waals surface area contributed by atoms with Crippen molar-refractivity contribution in [1.29, 1.82) is 0 Å². The third-order valence-electron chi connectivity index (χ3n) is 5.66. The quantitative estimate of drug-likeness (QED) is 0.518. The fourth-order valence-corrected chi connectivity index (χ4v) is 3.88. The van der Waals surface area contributed by atoms with Crippen LogP contribution in [0.15, 0.2) is 30.3 Å². The van der Waals surface area contributed by atoms with E-state index in [2.05, 4.69) is 30.6 Å². The molecule has 29 heavy (non-hydrogen) atoms. The number of carbonyl (C=O) groups is 1. The molecule has 0 spiro atoms. The molecule has 1 saturated carbocycles. The van der Waals surface area contributed by atoms with Gasteiger partial charge in [0.1, 0.15) is 0 Å². The Balaban J connectivity index is 0.00000420. The lowest BCUT2D eigenvalue weighted by Gasteiger charge is -2.38. The number of halogens is 1. The van der Waals surface area contributed by atoms with Crippen LogP contribution in [-0.2, 0) is 15.1 Å². The molecule has 1 fully saturated rings. The van der Waals surface area contributed by atoms with Crippen LogP contribution in [0.5, 0.6) is 0 Å². The first-order valence-corrected chi connectivity index (χ1v) is 10.6. The van der Waals surface area contributed by atoms with Crippen molar-refractivity contribution in [3.05, 3.63) is 35.9 Å². The lowest BCUT2D eigenvalue weighted by Crippen LogP contribution is -2.47. The Kier molecular flexibility index (Phi) is 10.2. The molecule has 1 N–H and O–H groups in total. The van der Waals surface area contributed by atoms with Gasteiger partial charge in [-0.25, -0.2) is 4.79 Å². The van der Waals surface area contributed by atoms with Gasteiger partial charge in [0.15, 0.2) is 11.2 Å². The molecule has 4 nitrogen and oxygen atoms in total. The monoisotopic (exact) mass is 421 g/mol. The van der Waals surface area contributed by atoms with E-state index >= 15 is 0 Å². The summed E-state index contributed by atoms with van der Waals surface area (Å²) < 4.78 is 5.78. The molecule has 1 aliphatic carbocycles. The summed E-state index contributed by atoms with van der Waals surface area (Å²) in [6.45, 7) is 10.3. The highest BCUT2D eigenvalue weighted by Crippen LogP contribution is 2.41. The first-order valence-electron chi connectivity index (χ1n) is 10.6. The molecule has 0 aliphatic heterocycles. The minimum Gasteiger partial charge on any atom is -0.444 e. The molecule has 0 unspecified atom stereocenters. The second-order valence-corrected chi connectivity index (χ2v) is 8.13. The van der Waals surface area contributed by atoms with Gasteiger partial charge < -0.3 is 9.84 Å². The Hall–Kier alpha value is -1.54. The molecular formula is C24H36ClNO3. The average molecular weight is 422 g/mol. The number of rotatable bonds is 7. The normalized spacial score (nSPS) is 16.9. The van der Waals surface area contributed by atoms with Crippen LogP contribution in [0.25, 0.3) is 0 Å². The number of aliphatic hydroxyl groups is 1. The summed E-state index contributed by atoms with van der Waals surface area (Å²) in [4.78, 5) is 15.4. The van der Waals surface area contributed by atoms with Crippen molar-refractivity contribution in [2.45, 2.75) is 71.0 Å². The summed E-state index contributed by atoms with van der Waals surface area (Å²) in [5.74, 6) is 5.47. The molecule has 0 saturated heterocycles. The minimum absolute atomic E-state index is 0. The first kappa shape index (κ1) is 25.5. The number of carbonyl (C=O) groups excluding carboxylic acids is 1. The van der Waals surface area contributed by atoms with Crippen LogP contribution < -0.4 is 0 Å². The van der Waals surface area contributed by atoms with Gasteiger partial charge in [0.2, 0.25) is 0 Å². The molecular weight excluding hydrogens is 386 g/mol. The van der Waals surface area contributed by atoms with Crippen molar-refractivity contribution in [2.24, 2.45) is 5.92 Å². The SMILES string of the molecule is CCN(CC)CC#CC(C)(C)OC(=O)[C@](O)(c1ccccc1)C1CCCCC1.Cl. The van der Waals surface area contributed by atoms with Crippen LogP contribution in [0.2, 0.25) is 0 Å². The highest BCUT2D eigenvalue weighted by Gasteiger charge is 2.48. The molecule has 0 aromatic heterocycles. The van der Waals surface area contributed by atoms with E-state index in [1.807, 2.05) is 30.3 Å². The van der Waals surface area contributed by atoms with E-state index in [4.69, 9.17) is 4.74 Å². The summed E-state index contributed by atoms with van der Waals surface area (Å²) in [6.07, 6.45) is 4.86. The summed E-state index contributed by atoms with van der Waals surface area (Å²) in [5.41, 5.74) is -1.97. The van der Waals surface area contributed by atoms with Crippen LogP contribution in [0.3, 0.4) is 0 Å². The zero-order valence-electron chi connectivity index (χ0n) is 18.2. The lowest BCUT2D eigenvalue weighted by molar-refractivity contribution is -0.184. The molecule has 162 valence electrons. The number of esters is 1. The van der Waals surface area contributed by atoms with E-state index in [0.717, 1.165) is 45.2 Å². The Bertz CT molecular complexity index is 685. The van der Waals surface area contributed by atoms with Gasteiger partial charge in [-0.05, 0) is 45.3 Å². The van der Waals surface area contributed by atoms with Gasteiger partial charge in [0, 0.05) is 5.92 Å². The van der Waals surface area contributed by atoms with Gasteiger partial charge in [0.25, 0.3) is 0 Å². The predicted octanol–water partition coefficient (Wildman–Crippen LogP) is 4.54. The highest BCUT2D eigenvalue weighted by atomic mass is 35.5. The van der Waals surface area contributed by atoms with E-state index < -0.39 is 17.2 Å². The highest BCUT2D eigenvalue weighted by molar-refractivity contribution is 5.85. The fourth-order valence-electron chi connectivity index (χ4n) is 3.88. The summed E-state index contributed by atoms with van der Waals surface area (Å²) in [6, 6.07) is 9.22. The van der Waals surface area contributed by atoms with Crippen LogP contribution >= 0.6 is 12.4 Å². The van der Waals surface area contributed by atoms with Crippen LogP contribution in [-0.4, -0.2) is 41.2 Å². The van der Waals surface area contributed by atoms with Crippen LogP contribution in [0, 0.1) is 17.8 Å². The molecule has 1 atom stereocenters. The zero-order valence-corrected chi connectivity index (χ0v) is 19.1. The number of hydrogen-bond donors (Lipinski definition) is 1. The second kappa shape index (κ2) is 11.6. The fraction of sp³-hybridized carbons (Fsp3) is 0.625. The predicted molar refractivity (Wildman–Crippen MR) is 120 cm³/mol. The minimum atomic E-state index is -1.63. The van der Waals surface area contributed by atoms with E-state index in [9.17, 15) is 9.90 Å². The number of nitrogens with zero attached hydrogens (tertiary/aromatic N) is 1. The maximum absolute atomic E-state index is 13.2. The van der Waals surface area contributed by atoms with Crippen molar-refractivity contribution in [2.75, 3.05) is 19.6 Å². The Labute approximate surface area is 182 Å². The van der Waals surface area contributed by atoms with Gasteiger partial charge in [-0.1, -0.05) is 75.3 Å². The molecule has 5 heteroatoms. The summed E-state index contributed by atoms with van der Waals surface area (Å²) in [7, 11) is 0. The second-order valence-electron chi connectivity index (χ2n) is 8.13. The third-order valence-corrected chi connectivity index (χ3v) is 5.66. The van der Waals surface area contributed by atoms with Crippen molar-refractivity contribution in [1.82, 2.24) is 4.90 Å². The molecule has 0 bridgehead atoms. The molecule has 1 aliphatic rings. The largest absolute Gasteiger partial charge is 0.444 e. The molecule has 1 aromatic carbocycles. The van der Waals surface area contributed by atoms with Gasteiger partial charge in [0.05, 0.1) is 6.54 Å². The topological polar surface area (TPSA) is 49.8 Å². The van der Waals surface area contributed by atoms with Crippen molar-refractivity contribution < 1.29 is 14.6 Å². The van der Waals surface area contributed by atoms with Crippen LogP contribution in [0.1, 0.15) is 65.4 Å². The summed E-state index contributed by atoms with van der Waals surface area (Å²) in [5, 5.41) is 11.6. The Morgan fingerprint density at radius 2 is 1.72 bits per heavy atom. The van der Waals surface area contributed by atoms with Crippen molar-refractivity contribution >= 4 is 18.4 Å². The molecule has 0 heterocycles. The maximum atomic E-state index is 13.2. The van der Waals surface area contributed by atoms with Gasteiger partial charge in [-0.3, -0.25) is 4.90 Å². The number of benzene rings is 1. The Morgan fingerprint density at radius 1 is 1.14 bits per heavy atom.